The van der Waals surface area contributed by atoms with Gasteiger partial charge in [-0.3, -0.25) is 0 Å². The van der Waals surface area contributed by atoms with E-state index in [1.165, 1.54) is 51.5 Å². The predicted octanol–water partition coefficient (Wildman–Crippen LogP) is 1.89. The third kappa shape index (κ3) is 2.48. The lowest BCUT2D eigenvalue weighted by Crippen LogP contribution is -2.47. The molecule has 82 valence electrons. The highest BCUT2D eigenvalue weighted by atomic mass is 14.9. The summed E-state index contributed by atoms with van der Waals surface area (Å²) in [6, 6.07) is 0.472. The highest BCUT2D eigenvalue weighted by Crippen LogP contribution is 2.31. The summed E-state index contributed by atoms with van der Waals surface area (Å²) in [7, 11) is 0. The van der Waals surface area contributed by atoms with Gasteiger partial charge in [0.25, 0.3) is 0 Å². The first-order chi connectivity index (χ1) is 6.88. The van der Waals surface area contributed by atoms with E-state index in [1.807, 2.05) is 0 Å². The van der Waals surface area contributed by atoms with Crippen LogP contribution >= 0.6 is 0 Å². The van der Waals surface area contributed by atoms with Gasteiger partial charge in [0.05, 0.1) is 0 Å². The zero-order chi connectivity index (χ0) is 9.80. The lowest BCUT2D eigenvalue weighted by Gasteiger charge is -2.35. The highest BCUT2D eigenvalue weighted by molar-refractivity contribution is 4.86. The summed E-state index contributed by atoms with van der Waals surface area (Å²) in [5.41, 5.74) is 6.22. The van der Waals surface area contributed by atoms with Gasteiger partial charge < -0.3 is 11.1 Å². The van der Waals surface area contributed by atoms with Crippen molar-refractivity contribution in [2.45, 2.75) is 51.0 Å². The first-order valence-corrected chi connectivity index (χ1v) is 6.34. The molecule has 0 aromatic heterocycles. The summed E-state index contributed by atoms with van der Waals surface area (Å²) >= 11 is 0. The molecular weight excluding hydrogens is 172 g/mol. The molecule has 0 aromatic carbocycles. The fourth-order valence-corrected chi connectivity index (χ4v) is 3.16. The van der Waals surface area contributed by atoms with Crippen molar-refractivity contribution < 1.29 is 0 Å². The van der Waals surface area contributed by atoms with E-state index in [0.29, 0.717) is 6.04 Å². The Morgan fingerprint density at radius 1 is 0.929 bits per heavy atom. The van der Waals surface area contributed by atoms with Gasteiger partial charge in [0.1, 0.15) is 0 Å². The maximum Gasteiger partial charge on any atom is 0.00940 e. The fourth-order valence-electron chi connectivity index (χ4n) is 3.16. The largest absolute Gasteiger partial charge is 0.327 e. The van der Waals surface area contributed by atoms with Crippen molar-refractivity contribution in [1.82, 2.24) is 5.32 Å². The summed E-state index contributed by atoms with van der Waals surface area (Å²) in [4.78, 5) is 0. The maximum atomic E-state index is 6.22. The summed E-state index contributed by atoms with van der Waals surface area (Å²) in [6.07, 6.45) is 9.82. The van der Waals surface area contributed by atoms with Crippen LogP contribution in [0.3, 0.4) is 0 Å². The minimum absolute atomic E-state index is 0.472. The normalized spacial score (nSPS) is 36.6. The average molecular weight is 196 g/mol. The van der Waals surface area contributed by atoms with Crippen LogP contribution in [0, 0.1) is 11.8 Å². The van der Waals surface area contributed by atoms with Crippen molar-refractivity contribution in [3.8, 4) is 0 Å². The number of rotatable bonds is 1. The molecule has 0 spiro atoms. The van der Waals surface area contributed by atoms with Crippen LogP contribution in [0.25, 0.3) is 0 Å². The molecular formula is C12H24N2. The van der Waals surface area contributed by atoms with Crippen molar-refractivity contribution in [1.29, 1.82) is 0 Å². The summed E-state index contributed by atoms with van der Waals surface area (Å²) in [5.74, 6) is 1.68. The standard InChI is InChI=1S/C12H24N2/c13-12-7-8-14-9-11(12)10-5-3-1-2-4-6-10/h10-12,14H,1-9,13H2. The quantitative estimate of drug-likeness (QED) is 0.629. The van der Waals surface area contributed by atoms with E-state index in [2.05, 4.69) is 5.32 Å². The second-order valence-corrected chi connectivity index (χ2v) is 5.07. The van der Waals surface area contributed by atoms with Crippen LogP contribution in [0.15, 0.2) is 0 Å². The molecule has 2 aliphatic rings. The molecule has 0 radical (unpaired) electrons. The molecule has 2 atom stereocenters. The Labute approximate surface area is 87.6 Å². The molecule has 1 saturated heterocycles. The number of hydrogen-bond donors (Lipinski definition) is 2. The first-order valence-electron chi connectivity index (χ1n) is 6.34. The molecule has 3 N–H and O–H groups in total. The predicted molar refractivity (Wildman–Crippen MR) is 60.1 cm³/mol. The van der Waals surface area contributed by atoms with Crippen molar-refractivity contribution in [2.75, 3.05) is 13.1 Å². The molecule has 0 amide bonds. The van der Waals surface area contributed by atoms with Gasteiger partial charge in [-0.05, 0) is 31.3 Å². The molecule has 2 unspecified atom stereocenters. The lowest BCUT2D eigenvalue weighted by atomic mass is 9.79. The van der Waals surface area contributed by atoms with Crippen LogP contribution in [0.4, 0.5) is 0 Å². The van der Waals surface area contributed by atoms with E-state index in [9.17, 15) is 0 Å². The lowest BCUT2D eigenvalue weighted by molar-refractivity contribution is 0.211. The molecule has 1 saturated carbocycles. The molecule has 2 rings (SSSR count). The van der Waals surface area contributed by atoms with E-state index in [0.717, 1.165) is 18.4 Å². The van der Waals surface area contributed by atoms with E-state index in [1.54, 1.807) is 0 Å². The van der Waals surface area contributed by atoms with Crippen LogP contribution in [0.1, 0.15) is 44.9 Å². The van der Waals surface area contributed by atoms with Gasteiger partial charge in [-0.25, -0.2) is 0 Å². The Bertz CT molecular complexity index is 162. The average Bonchev–Trinajstić information content (AvgIpc) is 2.47. The van der Waals surface area contributed by atoms with Crippen LogP contribution in [-0.4, -0.2) is 19.1 Å². The topological polar surface area (TPSA) is 38.0 Å². The van der Waals surface area contributed by atoms with Gasteiger partial charge >= 0.3 is 0 Å². The Kier molecular flexibility index (Phi) is 3.82. The molecule has 1 aliphatic heterocycles. The van der Waals surface area contributed by atoms with Gasteiger partial charge in [0.2, 0.25) is 0 Å². The maximum absolute atomic E-state index is 6.22. The Balaban J connectivity index is 1.90. The first kappa shape index (κ1) is 10.4. The number of hydrogen-bond acceptors (Lipinski definition) is 2. The van der Waals surface area contributed by atoms with Crippen LogP contribution in [0.5, 0.6) is 0 Å². The second kappa shape index (κ2) is 5.13. The minimum atomic E-state index is 0.472. The van der Waals surface area contributed by atoms with Crippen molar-refractivity contribution in [2.24, 2.45) is 17.6 Å². The van der Waals surface area contributed by atoms with Crippen molar-refractivity contribution in [3.05, 3.63) is 0 Å². The Hall–Kier alpha value is -0.0800. The van der Waals surface area contributed by atoms with E-state index in [4.69, 9.17) is 5.73 Å². The number of nitrogens with one attached hydrogen (secondary N) is 1. The molecule has 2 nitrogen and oxygen atoms in total. The van der Waals surface area contributed by atoms with Gasteiger partial charge in [-0.2, -0.15) is 0 Å². The fraction of sp³-hybridized carbons (Fsp3) is 1.00. The summed E-state index contributed by atoms with van der Waals surface area (Å²) in [6.45, 7) is 2.30. The molecule has 0 bridgehead atoms. The molecule has 1 heterocycles. The van der Waals surface area contributed by atoms with Gasteiger partial charge in [0, 0.05) is 6.04 Å². The summed E-state index contributed by atoms with van der Waals surface area (Å²) in [5, 5.41) is 3.50. The third-order valence-electron chi connectivity index (χ3n) is 4.09. The minimum Gasteiger partial charge on any atom is -0.327 e. The molecule has 2 heteroatoms. The van der Waals surface area contributed by atoms with Gasteiger partial charge in [-0.1, -0.05) is 38.5 Å². The Morgan fingerprint density at radius 3 is 2.29 bits per heavy atom. The van der Waals surface area contributed by atoms with E-state index in [-0.39, 0.29) is 0 Å². The SMILES string of the molecule is NC1CCNCC1C1CCCCCC1. The van der Waals surface area contributed by atoms with Gasteiger partial charge in [-0.15, -0.1) is 0 Å². The monoisotopic (exact) mass is 196 g/mol. The van der Waals surface area contributed by atoms with E-state index >= 15 is 0 Å². The van der Waals surface area contributed by atoms with Crippen LogP contribution < -0.4 is 11.1 Å². The smallest absolute Gasteiger partial charge is 0.00940 e. The van der Waals surface area contributed by atoms with E-state index < -0.39 is 0 Å². The number of nitrogens with two attached hydrogens (primary N) is 1. The molecule has 14 heavy (non-hydrogen) atoms. The van der Waals surface area contributed by atoms with Crippen molar-refractivity contribution >= 4 is 0 Å². The Morgan fingerprint density at radius 2 is 1.64 bits per heavy atom. The second-order valence-electron chi connectivity index (χ2n) is 5.07. The van der Waals surface area contributed by atoms with Crippen molar-refractivity contribution in [3.63, 3.8) is 0 Å². The zero-order valence-corrected chi connectivity index (χ0v) is 9.17. The zero-order valence-electron chi connectivity index (χ0n) is 9.17. The summed E-state index contributed by atoms with van der Waals surface area (Å²) < 4.78 is 0. The third-order valence-corrected chi connectivity index (χ3v) is 4.09. The number of piperidine rings is 1. The molecule has 0 aromatic rings. The van der Waals surface area contributed by atoms with Crippen LogP contribution in [-0.2, 0) is 0 Å². The van der Waals surface area contributed by atoms with Crippen LogP contribution in [0.2, 0.25) is 0 Å². The molecule has 1 aliphatic carbocycles. The molecule has 2 fully saturated rings. The highest BCUT2D eigenvalue weighted by Gasteiger charge is 2.29. The van der Waals surface area contributed by atoms with Gasteiger partial charge in [0.15, 0.2) is 0 Å².